The number of hydrogen-bond acceptors (Lipinski definition) is 5. The third kappa shape index (κ3) is 8.66. The normalized spacial score (nSPS) is 13.6. The molecule has 1 aliphatic carbocycles. The number of anilines is 1. The summed E-state index contributed by atoms with van der Waals surface area (Å²) in [5.41, 5.74) is 7.86. The van der Waals surface area contributed by atoms with Gasteiger partial charge in [-0.1, -0.05) is 13.3 Å². The lowest BCUT2D eigenvalue weighted by Crippen LogP contribution is -2.28. The van der Waals surface area contributed by atoms with Crippen LogP contribution in [-0.4, -0.2) is 44.7 Å². The van der Waals surface area contributed by atoms with Gasteiger partial charge in [0, 0.05) is 43.2 Å². The van der Waals surface area contributed by atoms with Gasteiger partial charge in [0.25, 0.3) is 5.91 Å². The topological polar surface area (TPSA) is 93.8 Å². The van der Waals surface area contributed by atoms with Gasteiger partial charge in [-0.3, -0.25) is 14.6 Å². The number of ketones is 1. The highest BCUT2D eigenvalue weighted by Crippen LogP contribution is 2.30. The molecule has 0 atom stereocenters. The highest BCUT2D eigenvalue weighted by molar-refractivity contribution is 6.00. The van der Waals surface area contributed by atoms with Crippen LogP contribution in [0.4, 0.5) is 23.2 Å². The molecule has 0 spiro atoms. The van der Waals surface area contributed by atoms with Crippen molar-refractivity contribution in [3.8, 4) is 0 Å². The first-order chi connectivity index (χ1) is 17.5. The van der Waals surface area contributed by atoms with Gasteiger partial charge in [0.1, 0.15) is 5.82 Å². The monoisotopic (exact) mass is 523 g/mol. The van der Waals surface area contributed by atoms with E-state index >= 15 is 0 Å². The molecule has 1 saturated carbocycles. The number of halogens is 4. The van der Waals surface area contributed by atoms with Gasteiger partial charge in [-0.25, -0.2) is 4.39 Å². The number of aliphatic imine (C=N–C) groups is 1. The molecule has 1 fully saturated rings. The van der Waals surface area contributed by atoms with E-state index in [1.807, 2.05) is 13.1 Å². The third-order valence-corrected chi connectivity index (χ3v) is 6.07. The van der Waals surface area contributed by atoms with E-state index in [0.717, 1.165) is 43.0 Å². The minimum atomic E-state index is -4.59. The zero-order valence-corrected chi connectivity index (χ0v) is 21.3. The van der Waals surface area contributed by atoms with E-state index in [4.69, 9.17) is 10.5 Å². The van der Waals surface area contributed by atoms with Gasteiger partial charge in [-0.2, -0.15) is 13.2 Å². The predicted molar refractivity (Wildman–Crippen MR) is 136 cm³/mol. The predicted octanol–water partition coefficient (Wildman–Crippen LogP) is 5.47. The molecule has 0 bridgehead atoms. The summed E-state index contributed by atoms with van der Waals surface area (Å²) in [5, 5.41) is 2.86. The van der Waals surface area contributed by atoms with Gasteiger partial charge in [0.05, 0.1) is 17.7 Å². The average molecular weight is 524 g/mol. The molecule has 1 aliphatic rings. The summed E-state index contributed by atoms with van der Waals surface area (Å²) in [4.78, 5) is 27.6. The Morgan fingerprint density at radius 2 is 1.86 bits per heavy atom. The van der Waals surface area contributed by atoms with E-state index in [-0.39, 0.29) is 11.5 Å². The lowest BCUT2D eigenvalue weighted by Gasteiger charge is -2.23. The number of methoxy groups -OCH3 is 1. The summed E-state index contributed by atoms with van der Waals surface area (Å²) in [6.07, 6.45) is 1.86. The molecule has 1 amide bonds. The quantitative estimate of drug-likeness (QED) is 0.150. The van der Waals surface area contributed by atoms with E-state index in [0.29, 0.717) is 36.5 Å². The minimum absolute atomic E-state index is 0.0902. The van der Waals surface area contributed by atoms with E-state index in [9.17, 15) is 27.2 Å². The Morgan fingerprint density at radius 1 is 1.19 bits per heavy atom. The van der Waals surface area contributed by atoms with Crippen LogP contribution in [0.25, 0.3) is 0 Å². The summed E-state index contributed by atoms with van der Waals surface area (Å²) in [5.74, 6) is -1.12. The Kier molecular flexibility index (Phi) is 11.2. The van der Waals surface area contributed by atoms with E-state index in [1.54, 1.807) is 19.2 Å². The molecule has 3 N–H and O–H groups in total. The minimum Gasteiger partial charge on any atom is -0.398 e. The number of nitrogens with one attached hydrogen (secondary N) is 1. The van der Waals surface area contributed by atoms with Gasteiger partial charge in [0.15, 0.2) is 5.78 Å². The smallest absolute Gasteiger partial charge is 0.398 e. The average Bonchev–Trinajstić information content (AvgIpc) is 2.80. The summed E-state index contributed by atoms with van der Waals surface area (Å²) >= 11 is 0. The molecule has 2 aromatic rings. The number of nitrogens with two attached hydrogens (primary N) is 1. The number of carbonyl (C=O) groups excluding carboxylic acids is 2. The van der Waals surface area contributed by atoms with Crippen LogP contribution in [0.1, 0.15) is 70.5 Å². The van der Waals surface area contributed by atoms with Crippen molar-refractivity contribution in [3.63, 3.8) is 0 Å². The van der Waals surface area contributed by atoms with Crippen molar-refractivity contribution in [2.24, 2.45) is 10.9 Å². The molecule has 6 nitrogen and oxygen atoms in total. The van der Waals surface area contributed by atoms with Crippen LogP contribution in [0.3, 0.4) is 0 Å². The zero-order chi connectivity index (χ0) is 27.6. The lowest BCUT2D eigenvalue weighted by molar-refractivity contribution is -0.137. The Hall–Kier alpha value is -3.27. The van der Waals surface area contributed by atoms with Crippen molar-refractivity contribution in [2.45, 2.75) is 45.7 Å². The number of hydrogen-bond donors (Lipinski definition) is 2. The van der Waals surface area contributed by atoms with Gasteiger partial charge < -0.3 is 15.8 Å². The maximum Gasteiger partial charge on any atom is 0.416 e. The SMILES string of the molecule is CC(=O)c1ccc(C(F)(F)F)cc1F.CCc1c(C(=O)NCCOC)ccc(N)c1C=NCC1CCC1. The van der Waals surface area contributed by atoms with E-state index < -0.39 is 23.3 Å². The van der Waals surface area contributed by atoms with Crippen LogP contribution < -0.4 is 11.1 Å². The number of nitrogen functional groups attached to an aromatic ring is 1. The van der Waals surface area contributed by atoms with E-state index in [1.165, 1.54) is 19.3 Å². The molecule has 2 aromatic carbocycles. The maximum absolute atomic E-state index is 12.9. The molecule has 0 unspecified atom stereocenters. The third-order valence-electron chi connectivity index (χ3n) is 6.07. The molecule has 3 rings (SSSR count). The second-order valence-corrected chi connectivity index (χ2v) is 8.74. The molecule has 0 saturated heterocycles. The highest BCUT2D eigenvalue weighted by Gasteiger charge is 2.31. The number of ether oxygens (including phenoxy) is 1. The largest absolute Gasteiger partial charge is 0.416 e. The maximum atomic E-state index is 12.9. The Labute approximate surface area is 214 Å². The fourth-order valence-corrected chi connectivity index (χ4v) is 3.74. The van der Waals surface area contributed by atoms with Crippen molar-refractivity contribution >= 4 is 23.6 Å². The van der Waals surface area contributed by atoms with Crippen molar-refractivity contribution in [3.05, 3.63) is 64.0 Å². The number of amides is 1. The first-order valence-electron chi connectivity index (χ1n) is 12.1. The lowest BCUT2D eigenvalue weighted by atomic mass is 9.86. The number of carbonyl (C=O) groups is 2. The van der Waals surface area contributed by atoms with Crippen LogP contribution in [-0.2, 0) is 17.3 Å². The Bertz CT molecular complexity index is 1110. The summed E-state index contributed by atoms with van der Waals surface area (Å²) in [6, 6.07) is 5.41. The van der Waals surface area contributed by atoms with Gasteiger partial charge in [-0.05, 0) is 68.0 Å². The highest BCUT2D eigenvalue weighted by atomic mass is 19.4. The summed E-state index contributed by atoms with van der Waals surface area (Å²) in [7, 11) is 1.61. The number of Topliss-reactive ketones (excluding diaryl/α,β-unsaturated/α-hetero) is 1. The first kappa shape index (κ1) is 30.0. The zero-order valence-electron chi connectivity index (χ0n) is 21.3. The van der Waals surface area contributed by atoms with Crippen molar-refractivity contribution < 1.29 is 31.9 Å². The molecule has 0 radical (unpaired) electrons. The Balaban J connectivity index is 0.000000294. The number of alkyl halides is 3. The van der Waals surface area contributed by atoms with Gasteiger partial charge in [0.2, 0.25) is 0 Å². The standard InChI is InChI=1S/C18H27N3O2.C9H6F4O/c1-3-14-15(18(22)21-9-10-23-2)7-8-17(19)16(14)12-20-11-13-5-4-6-13;1-5(14)7-3-2-6(4-8(7)10)9(11,12)13/h7-8,12-13H,3-6,9-11,19H2,1-2H3,(H,21,22);2-4H,1H3. The molecule has 10 heteroatoms. The molecule has 0 heterocycles. The first-order valence-corrected chi connectivity index (χ1v) is 12.1. The Morgan fingerprint density at radius 3 is 2.38 bits per heavy atom. The van der Waals surface area contributed by atoms with Crippen LogP contribution >= 0.6 is 0 Å². The van der Waals surface area contributed by atoms with Crippen molar-refractivity contribution in [2.75, 3.05) is 32.5 Å². The summed E-state index contributed by atoms with van der Waals surface area (Å²) in [6.45, 7) is 4.97. The number of nitrogens with zero attached hydrogens (tertiary/aromatic N) is 1. The van der Waals surface area contributed by atoms with Crippen LogP contribution in [0, 0.1) is 11.7 Å². The fraction of sp³-hybridized carbons (Fsp3) is 0.444. The van der Waals surface area contributed by atoms with Gasteiger partial charge >= 0.3 is 6.18 Å². The second-order valence-electron chi connectivity index (χ2n) is 8.74. The molecule has 0 aromatic heterocycles. The fourth-order valence-electron chi connectivity index (χ4n) is 3.74. The van der Waals surface area contributed by atoms with E-state index in [2.05, 4.69) is 10.3 Å². The van der Waals surface area contributed by atoms with Crippen molar-refractivity contribution in [1.82, 2.24) is 5.32 Å². The molecule has 202 valence electrons. The number of rotatable bonds is 9. The van der Waals surface area contributed by atoms with Crippen LogP contribution in [0.5, 0.6) is 0 Å². The van der Waals surface area contributed by atoms with Gasteiger partial charge in [-0.15, -0.1) is 0 Å². The molecule has 37 heavy (non-hydrogen) atoms. The molecular weight excluding hydrogens is 490 g/mol. The van der Waals surface area contributed by atoms with Crippen LogP contribution in [0.2, 0.25) is 0 Å². The van der Waals surface area contributed by atoms with Crippen molar-refractivity contribution in [1.29, 1.82) is 0 Å². The molecular formula is C27H33F4N3O3. The number of benzene rings is 2. The molecule has 0 aliphatic heterocycles. The second kappa shape index (κ2) is 13.9. The van der Waals surface area contributed by atoms with Crippen LogP contribution in [0.15, 0.2) is 35.3 Å². The summed E-state index contributed by atoms with van der Waals surface area (Å²) < 4.78 is 54.0.